The molecule has 0 atom stereocenters. The standard InChI is InChI=1S/C10H24N4/c1-11-5-12(2)8-13(3,6-11)10-14(4,7-11)9-12/h5-10H2,1-4H3/q+4. The lowest BCUT2D eigenvalue weighted by Gasteiger charge is -2.64. The van der Waals surface area contributed by atoms with Gasteiger partial charge in [0.25, 0.3) is 0 Å². The van der Waals surface area contributed by atoms with E-state index in [0.717, 1.165) is 0 Å². The first-order chi connectivity index (χ1) is 6.24. The zero-order chi connectivity index (χ0) is 10.2. The molecule has 0 N–H and O–H groups in total. The molecule has 4 heterocycles. The summed E-state index contributed by atoms with van der Waals surface area (Å²) in [4.78, 5) is 0. The second kappa shape index (κ2) is 2.02. The van der Waals surface area contributed by atoms with E-state index >= 15 is 0 Å². The van der Waals surface area contributed by atoms with Crippen molar-refractivity contribution in [3.63, 3.8) is 0 Å². The summed E-state index contributed by atoms with van der Waals surface area (Å²) in [6.45, 7) is 8.09. The predicted molar refractivity (Wildman–Crippen MR) is 53.9 cm³/mol. The lowest BCUT2D eigenvalue weighted by molar-refractivity contribution is -1.42. The number of nitrogens with zero attached hydrogens (tertiary/aromatic N) is 4. The monoisotopic (exact) mass is 200 g/mol. The SMILES string of the molecule is C[N+]12C[N+]3(C)C[N+](C)(C1)C[N+](C)(C2)C3. The van der Waals surface area contributed by atoms with E-state index in [-0.39, 0.29) is 0 Å². The van der Waals surface area contributed by atoms with Gasteiger partial charge in [-0.1, -0.05) is 0 Å². The van der Waals surface area contributed by atoms with Gasteiger partial charge in [-0.05, 0) is 0 Å². The van der Waals surface area contributed by atoms with Gasteiger partial charge in [-0.15, -0.1) is 0 Å². The van der Waals surface area contributed by atoms with Crippen molar-refractivity contribution in [3.05, 3.63) is 0 Å². The lowest BCUT2D eigenvalue weighted by atomic mass is 10.2. The Labute approximate surface area is 86.9 Å². The molecule has 4 aliphatic heterocycles. The Kier molecular flexibility index (Phi) is 1.31. The van der Waals surface area contributed by atoms with E-state index in [9.17, 15) is 0 Å². The van der Waals surface area contributed by atoms with E-state index < -0.39 is 0 Å². The zero-order valence-corrected chi connectivity index (χ0v) is 10.0. The summed E-state index contributed by atoms with van der Waals surface area (Å²) in [5.74, 6) is 0. The van der Waals surface area contributed by atoms with Crippen molar-refractivity contribution in [1.29, 1.82) is 0 Å². The van der Waals surface area contributed by atoms with Crippen molar-refractivity contribution >= 4 is 0 Å². The average Bonchev–Trinajstić information content (AvgIpc) is 1.67. The predicted octanol–water partition coefficient (Wildman–Crippen LogP) is -0.441. The Bertz CT molecular complexity index is 205. The second-order valence-corrected chi connectivity index (χ2v) is 7.33. The van der Waals surface area contributed by atoms with Crippen molar-refractivity contribution in [3.8, 4) is 0 Å². The summed E-state index contributed by atoms with van der Waals surface area (Å²) < 4.78 is 5.12. The molecule has 0 aromatic carbocycles. The molecule has 80 valence electrons. The molecule has 14 heavy (non-hydrogen) atoms. The highest BCUT2D eigenvalue weighted by atomic mass is 15.8. The quantitative estimate of drug-likeness (QED) is 0.465. The van der Waals surface area contributed by atoms with Crippen LogP contribution in [0.2, 0.25) is 0 Å². The maximum atomic E-state index is 2.45. The van der Waals surface area contributed by atoms with Crippen LogP contribution in [-0.2, 0) is 0 Å². The fourth-order valence-corrected chi connectivity index (χ4v) is 5.48. The molecule has 4 aliphatic rings. The van der Waals surface area contributed by atoms with Crippen LogP contribution < -0.4 is 0 Å². The normalized spacial score (nSPS) is 66.0. The van der Waals surface area contributed by atoms with Crippen LogP contribution in [0.15, 0.2) is 0 Å². The zero-order valence-electron chi connectivity index (χ0n) is 10.0. The minimum atomic E-state index is 1.28. The molecule has 4 bridgehead atoms. The molecule has 0 saturated carbocycles. The third-order valence-electron chi connectivity index (χ3n) is 4.10. The number of hydrogen-bond donors (Lipinski definition) is 0. The molecule has 0 amide bonds. The Morgan fingerprint density at radius 1 is 0.429 bits per heavy atom. The van der Waals surface area contributed by atoms with E-state index in [1.165, 1.54) is 57.9 Å². The van der Waals surface area contributed by atoms with Gasteiger partial charge in [0.05, 0.1) is 28.2 Å². The largest absolute Gasteiger partial charge is 0.224 e. The first-order valence-electron chi connectivity index (χ1n) is 5.58. The van der Waals surface area contributed by atoms with Gasteiger partial charge in [0.15, 0.2) is 0 Å². The smallest absolute Gasteiger partial charge is 0.187 e. The van der Waals surface area contributed by atoms with Gasteiger partial charge in [-0.25, -0.2) is 0 Å². The Balaban J connectivity index is 2.08. The van der Waals surface area contributed by atoms with Gasteiger partial charge in [0.1, 0.15) is 0 Å². The molecule has 0 spiro atoms. The van der Waals surface area contributed by atoms with E-state index in [2.05, 4.69) is 28.2 Å². The van der Waals surface area contributed by atoms with E-state index in [1.54, 1.807) is 0 Å². The van der Waals surface area contributed by atoms with Crippen molar-refractivity contribution in [2.45, 2.75) is 0 Å². The summed E-state index contributed by atoms with van der Waals surface area (Å²) in [5.41, 5.74) is 0. The van der Waals surface area contributed by atoms with Crippen molar-refractivity contribution in [2.75, 3.05) is 68.2 Å². The molecule has 0 unspecified atom stereocenters. The van der Waals surface area contributed by atoms with Crippen molar-refractivity contribution < 1.29 is 17.9 Å². The van der Waals surface area contributed by atoms with Crippen LogP contribution in [0.25, 0.3) is 0 Å². The first kappa shape index (κ1) is 9.09. The molecule has 4 heteroatoms. The lowest BCUT2D eigenvalue weighted by Crippen LogP contribution is -2.92. The molecular weight excluding hydrogens is 176 g/mol. The topological polar surface area (TPSA) is 0 Å². The van der Waals surface area contributed by atoms with Crippen LogP contribution in [0.4, 0.5) is 0 Å². The maximum Gasteiger partial charge on any atom is 0.224 e. The molecule has 4 saturated heterocycles. The highest BCUT2D eigenvalue weighted by Crippen LogP contribution is 2.38. The number of hydrogen-bond acceptors (Lipinski definition) is 0. The second-order valence-electron chi connectivity index (χ2n) is 7.33. The third-order valence-corrected chi connectivity index (χ3v) is 4.10. The summed E-state index contributed by atoms with van der Waals surface area (Å²) in [6, 6.07) is 0. The summed E-state index contributed by atoms with van der Waals surface area (Å²) >= 11 is 0. The molecule has 4 fully saturated rings. The van der Waals surface area contributed by atoms with Crippen LogP contribution in [0, 0.1) is 0 Å². The van der Waals surface area contributed by atoms with Gasteiger partial charge in [0, 0.05) is 0 Å². The van der Waals surface area contributed by atoms with Crippen LogP contribution in [-0.4, -0.2) is 86.1 Å². The van der Waals surface area contributed by atoms with Crippen LogP contribution in [0.5, 0.6) is 0 Å². The maximum absolute atomic E-state index is 2.45. The molecule has 4 rings (SSSR count). The Morgan fingerprint density at radius 3 is 0.714 bits per heavy atom. The Hall–Kier alpha value is -0.160. The minimum Gasteiger partial charge on any atom is -0.187 e. The van der Waals surface area contributed by atoms with Crippen LogP contribution in [0.3, 0.4) is 0 Å². The summed E-state index contributed by atoms with van der Waals surface area (Å²) in [7, 11) is 9.78. The van der Waals surface area contributed by atoms with E-state index in [1.807, 2.05) is 0 Å². The van der Waals surface area contributed by atoms with Gasteiger partial charge in [-0.2, -0.15) is 17.9 Å². The molecule has 0 aromatic rings. The Morgan fingerprint density at radius 2 is 0.571 bits per heavy atom. The van der Waals surface area contributed by atoms with E-state index in [4.69, 9.17) is 0 Å². The van der Waals surface area contributed by atoms with Gasteiger partial charge < -0.3 is 0 Å². The number of quaternary nitrogens is 4. The van der Waals surface area contributed by atoms with Crippen molar-refractivity contribution in [1.82, 2.24) is 0 Å². The van der Waals surface area contributed by atoms with Crippen LogP contribution >= 0.6 is 0 Å². The molecule has 0 aliphatic carbocycles. The molecule has 4 nitrogen and oxygen atoms in total. The number of rotatable bonds is 0. The fourth-order valence-electron chi connectivity index (χ4n) is 5.48. The van der Waals surface area contributed by atoms with E-state index in [0.29, 0.717) is 0 Å². The summed E-state index contributed by atoms with van der Waals surface area (Å²) in [6.07, 6.45) is 0. The first-order valence-corrected chi connectivity index (χ1v) is 5.58. The van der Waals surface area contributed by atoms with Crippen LogP contribution in [0.1, 0.15) is 0 Å². The van der Waals surface area contributed by atoms with Gasteiger partial charge in [0.2, 0.25) is 40.0 Å². The third kappa shape index (κ3) is 1.08. The summed E-state index contributed by atoms with van der Waals surface area (Å²) in [5, 5.41) is 0. The molecular formula is C10H24N4+4. The fraction of sp³-hybridized carbons (Fsp3) is 1.00. The van der Waals surface area contributed by atoms with Gasteiger partial charge in [-0.3, -0.25) is 0 Å². The molecule has 0 radical (unpaired) electrons. The van der Waals surface area contributed by atoms with Crippen molar-refractivity contribution in [2.24, 2.45) is 0 Å². The van der Waals surface area contributed by atoms with Gasteiger partial charge >= 0.3 is 0 Å². The minimum absolute atomic E-state index is 1.28. The highest BCUT2D eigenvalue weighted by Gasteiger charge is 2.67. The molecule has 0 aromatic heterocycles. The average molecular weight is 200 g/mol. The highest BCUT2D eigenvalue weighted by molar-refractivity contribution is 4.44.